The smallest absolute Gasteiger partial charge is 0.360 e. The van der Waals surface area contributed by atoms with E-state index >= 15 is 0 Å². The second-order valence-corrected chi connectivity index (χ2v) is 4.26. The lowest BCUT2D eigenvalue weighted by Crippen LogP contribution is -2.25. The molecule has 0 saturated heterocycles. The predicted octanol–water partition coefficient (Wildman–Crippen LogP) is 1.32. The lowest BCUT2D eigenvalue weighted by Gasteiger charge is -2.13. The summed E-state index contributed by atoms with van der Waals surface area (Å²) < 4.78 is 11.4. The number of ether oxygens (including phenoxy) is 2. The van der Waals surface area contributed by atoms with Crippen LogP contribution in [0.3, 0.4) is 0 Å². The van der Waals surface area contributed by atoms with Crippen molar-refractivity contribution < 1.29 is 14.3 Å². The topological polar surface area (TPSA) is 83.5 Å². The second kappa shape index (κ2) is 6.60. The molecule has 21 heavy (non-hydrogen) atoms. The molecule has 0 unspecified atom stereocenters. The van der Waals surface area contributed by atoms with Crippen LogP contribution in [0.25, 0.3) is 0 Å². The molecule has 1 aromatic heterocycles. The van der Waals surface area contributed by atoms with E-state index in [0.717, 1.165) is 10.2 Å². The van der Waals surface area contributed by atoms with Gasteiger partial charge in [0, 0.05) is 12.3 Å². The van der Waals surface area contributed by atoms with Crippen molar-refractivity contribution in [3.05, 3.63) is 64.1 Å². The van der Waals surface area contributed by atoms with Gasteiger partial charge in [-0.3, -0.25) is 9.47 Å². The van der Waals surface area contributed by atoms with E-state index in [4.69, 9.17) is 15.3 Å². The lowest BCUT2D eigenvalue weighted by molar-refractivity contribution is 0.0509. The van der Waals surface area contributed by atoms with Crippen molar-refractivity contribution >= 4 is 5.97 Å². The Labute approximate surface area is 121 Å². The molecule has 0 aliphatic heterocycles. The second-order valence-electron chi connectivity index (χ2n) is 4.26. The normalized spacial score (nSPS) is 10.1. The summed E-state index contributed by atoms with van der Waals surface area (Å²) in [5, 5.41) is 0. The van der Waals surface area contributed by atoms with Gasteiger partial charge < -0.3 is 15.3 Å². The Kier molecular flexibility index (Phi) is 4.61. The highest BCUT2D eigenvalue weighted by Gasteiger charge is 2.20. The van der Waals surface area contributed by atoms with Crippen molar-refractivity contribution in [1.29, 1.82) is 0 Å². The molecule has 110 valence electrons. The fourth-order valence-corrected chi connectivity index (χ4v) is 1.80. The van der Waals surface area contributed by atoms with Gasteiger partial charge in [-0.05, 0) is 12.5 Å². The maximum Gasteiger partial charge on any atom is 0.360 e. The van der Waals surface area contributed by atoms with Crippen LogP contribution in [-0.4, -0.2) is 17.3 Å². The zero-order chi connectivity index (χ0) is 15.2. The van der Waals surface area contributed by atoms with Gasteiger partial charge in [0.25, 0.3) is 0 Å². The van der Waals surface area contributed by atoms with Crippen LogP contribution in [0, 0.1) is 0 Å². The average molecular weight is 288 g/mol. The Hall–Kier alpha value is -2.76. The first-order chi connectivity index (χ1) is 10.1. The Bertz CT molecular complexity index is 680. The highest BCUT2D eigenvalue weighted by atomic mass is 16.5. The van der Waals surface area contributed by atoms with Crippen LogP contribution < -0.4 is 16.0 Å². The van der Waals surface area contributed by atoms with Gasteiger partial charge in [-0.1, -0.05) is 30.3 Å². The van der Waals surface area contributed by atoms with Crippen molar-refractivity contribution in [2.45, 2.75) is 13.5 Å². The van der Waals surface area contributed by atoms with Crippen LogP contribution in [0.5, 0.6) is 5.75 Å². The SMILES string of the molecule is CCOC(=O)c1c(OCc2ccccc2)c(=O)ccn1N. The van der Waals surface area contributed by atoms with Gasteiger partial charge in [0.05, 0.1) is 6.61 Å². The molecule has 6 nitrogen and oxygen atoms in total. The highest BCUT2D eigenvalue weighted by molar-refractivity contribution is 5.90. The Morgan fingerprint density at radius 3 is 2.62 bits per heavy atom. The maximum absolute atomic E-state index is 11.9. The molecule has 0 saturated carbocycles. The summed E-state index contributed by atoms with van der Waals surface area (Å²) in [6.07, 6.45) is 1.30. The summed E-state index contributed by atoms with van der Waals surface area (Å²) in [4.78, 5) is 23.8. The summed E-state index contributed by atoms with van der Waals surface area (Å²) >= 11 is 0. The first kappa shape index (κ1) is 14.6. The molecule has 1 aromatic carbocycles. The van der Waals surface area contributed by atoms with Crippen molar-refractivity contribution in [3.63, 3.8) is 0 Å². The number of nitrogens with two attached hydrogens (primary N) is 1. The Morgan fingerprint density at radius 2 is 1.95 bits per heavy atom. The fourth-order valence-electron chi connectivity index (χ4n) is 1.80. The number of hydrogen-bond acceptors (Lipinski definition) is 5. The van der Waals surface area contributed by atoms with E-state index in [1.807, 2.05) is 30.3 Å². The van der Waals surface area contributed by atoms with Crippen LogP contribution in [0.2, 0.25) is 0 Å². The van der Waals surface area contributed by atoms with Crippen LogP contribution in [0.15, 0.2) is 47.4 Å². The zero-order valence-corrected chi connectivity index (χ0v) is 11.6. The quantitative estimate of drug-likeness (QED) is 0.662. The van der Waals surface area contributed by atoms with Crippen LogP contribution in [-0.2, 0) is 11.3 Å². The number of esters is 1. The van der Waals surface area contributed by atoms with Gasteiger partial charge in [-0.15, -0.1) is 0 Å². The van der Waals surface area contributed by atoms with Gasteiger partial charge in [-0.25, -0.2) is 4.79 Å². The summed E-state index contributed by atoms with van der Waals surface area (Å²) in [6, 6.07) is 10.5. The predicted molar refractivity (Wildman–Crippen MR) is 77.6 cm³/mol. The molecule has 6 heteroatoms. The van der Waals surface area contributed by atoms with Crippen LogP contribution >= 0.6 is 0 Å². The molecule has 0 atom stereocenters. The maximum atomic E-state index is 11.9. The third-order valence-electron chi connectivity index (χ3n) is 2.78. The monoisotopic (exact) mass is 288 g/mol. The van der Waals surface area contributed by atoms with Crippen molar-refractivity contribution in [2.75, 3.05) is 12.4 Å². The van der Waals surface area contributed by atoms with Crippen LogP contribution in [0.1, 0.15) is 23.0 Å². The number of carbonyl (C=O) groups excluding carboxylic acids is 1. The number of hydrogen-bond donors (Lipinski definition) is 1. The molecule has 2 rings (SSSR count). The first-order valence-corrected chi connectivity index (χ1v) is 6.48. The number of benzene rings is 1. The van der Waals surface area contributed by atoms with Crippen molar-refractivity contribution in [1.82, 2.24) is 4.68 Å². The summed E-state index contributed by atoms with van der Waals surface area (Å²) in [5.41, 5.74) is 0.357. The minimum atomic E-state index is -0.694. The van der Waals surface area contributed by atoms with E-state index in [2.05, 4.69) is 0 Å². The standard InChI is InChI=1S/C15H16N2O4/c1-2-20-15(19)13-14(12(18)8-9-17(13)16)21-10-11-6-4-3-5-7-11/h3-9H,2,10,16H2,1H3. The van der Waals surface area contributed by atoms with E-state index in [-0.39, 0.29) is 24.7 Å². The van der Waals surface area contributed by atoms with Gasteiger partial charge in [0.2, 0.25) is 5.43 Å². The molecular formula is C15H16N2O4. The van der Waals surface area contributed by atoms with E-state index in [1.165, 1.54) is 12.3 Å². The van der Waals surface area contributed by atoms with Crippen molar-refractivity contribution in [3.8, 4) is 5.75 Å². The molecule has 2 aromatic rings. The van der Waals surface area contributed by atoms with Crippen LogP contribution in [0.4, 0.5) is 0 Å². The molecule has 0 amide bonds. The molecule has 1 heterocycles. The minimum Gasteiger partial charge on any atom is -0.482 e. The minimum absolute atomic E-state index is 0.0970. The first-order valence-electron chi connectivity index (χ1n) is 6.48. The molecule has 2 N–H and O–H groups in total. The van der Waals surface area contributed by atoms with E-state index in [1.54, 1.807) is 6.92 Å². The molecule has 0 radical (unpaired) electrons. The van der Waals surface area contributed by atoms with E-state index in [9.17, 15) is 9.59 Å². The number of pyridine rings is 1. The molecule has 0 aliphatic carbocycles. The summed E-state index contributed by atoms with van der Waals surface area (Å²) in [5.74, 6) is 4.88. The Morgan fingerprint density at radius 1 is 1.24 bits per heavy atom. The molecule has 0 bridgehead atoms. The number of aromatic nitrogens is 1. The fraction of sp³-hybridized carbons (Fsp3) is 0.200. The summed E-state index contributed by atoms with van der Waals surface area (Å²) in [6.45, 7) is 2.01. The number of carbonyl (C=O) groups is 1. The molecule has 0 spiro atoms. The van der Waals surface area contributed by atoms with E-state index in [0.29, 0.717) is 0 Å². The largest absolute Gasteiger partial charge is 0.482 e. The Balaban J connectivity index is 2.31. The highest BCUT2D eigenvalue weighted by Crippen LogP contribution is 2.15. The number of rotatable bonds is 5. The molecular weight excluding hydrogens is 272 g/mol. The average Bonchev–Trinajstić information content (AvgIpc) is 2.49. The number of nitrogens with zero attached hydrogens (tertiary/aromatic N) is 1. The lowest BCUT2D eigenvalue weighted by atomic mass is 10.2. The van der Waals surface area contributed by atoms with E-state index < -0.39 is 11.4 Å². The van der Waals surface area contributed by atoms with Gasteiger partial charge >= 0.3 is 5.97 Å². The number of nitrogen functional groups attached to an aromatic ring is 1. The third-order valence-corrected chi connectivity index (χ3v) is 2.78. The van der Waals surface area contributed by atoms with Gasteiger partial charge in [0.15, 0.2) is 11.4 Å². The third kappa shape index (κ3) is 3.42. The van der Waals surface area contributed by atoms with Gasteiger partial charge in [-0.2, -0.15) is 0 Å². The molecule has 0 fully saturated rings. The molecule has 0 aliphatic rings. The van der Waals surface area contributed by atoms with Gasteiger partial charge in [0.1, 0.15) is 6.61 Å². The zero-order valence-electron chi connectivity index (χ0n) is 11.6. The van der Waals surface area contributed by atoms with Crippen molar-refractivity contribution in [2.24, 2.45) is 0 Å². The summed E-state index contributed by atoms with van der Waals surface area (Å²) in [7, 11) is 0.